The van der Waals surface area contributed by atoms with E-state index in [0.717, 1.165) is 30.0 Å². The average Bonchev–Trinajstić information content (AvgIpc) is 3.27. The number of nitrogens with two attached hydrogens (primary N) is 1. The molecule has 1 aliphatic rings. The summed E-state index contributed by atoms with van der Waals surface area (Å²) in [5.41, 5.74) is 3.94. The predicted molar refractivity (Wildman–Crippen MR) is 161 cm³/mol. The van der Waals surface area contributed by atoms with E-state index in [1.165, 1.54) is 0 Å². The van der Waals surface area contributed by atoms with Crippen molar-refractivity contribution in [3.63, 3.8) is 0 Å². The van der Waals surface area contributed by atoms with Gasteiger partial charge in [0.1, 0.15) is 12.3 Å². The van der Waals surface area contributed by atoms with Crippen LogP contribution in [0.3, 0.4) is 0 Å². The molecule has 2 heterocycles. The standard InChI is InChI=1S/C23H42N5O16P3/c1-14(2)9-16(24)22(32)26-8-6-4-3-5-7-25-19(30)10-15-12-28(23(33)27-21(15)31)20-11-17(29)18(42-20)13-41-46(37,38)44-47(39,40)43-45(34,35)36/h12,14,16-18,20,29H,3-11,13,24H2,1-2H3,(H,25,30)(H,26,32)(H,37,38)(H,39,40)(H,27,31,33)(H2,34,35,36)/t16-,17-,18+,20+/m0/s1. The number of carbonyl (C=O) groups excluding carboxylic acids is 2. The summed E-state index contributed by atoms with van der Waals surface area (Å²) in [6.07, 6.45) is -0.195. The lowest BCUT2D eigenvalue weighted by Gasteiger charge is -2.19. The molecule has 0 spiro atoms. The van der Waals surface area contributed by atoms with Crippen molar-refractivity contribution in [2.24, 2.45) is 11.7 Å². The Hall–Kier alpha value is -2.09. The Morgan fingerprint density at radius 2 is 1.66 bits per heavy atom. The minimum Gasteiger partial charge on any atom is -0.390 e. The number of rotatable bonds is 20. The van der Waals surface area contributed by atoms with Crippen LogP contribution in [0, 0.1) is 5.92 Å². The average molecular weight is 738 g/mol. The summed E-state index contributed by atoms with van der Waals surface area (Å²) < 4.78 is 52.2. The van der Waals surface area contributed by atoms with E-state index in [9.17, 15) is 47.8 Å². The van der Waals surface area contributed by atoms with Gasteiger partial charge in [-0.15, -0.1) is 0 Å². The predicted octanol–water partition coefficient (Wildman–Crippen LogP) is -0.763. The van der Waals surface area contributed by atoms with Gasteiger partial charge in [0.2, 0.25) is 11.8 Å². The Labute approximate surface area is 268 Å². The Morgan fingerprint density at radius 3 is 2.26 bits per heavy atom. The van der Waals surface area contributed by atoms with Crippen LogP contribution in [-0.4, -0.2) is 84.0 Å². The normalized spacial score (nSPS) is 21.6. The number of aliphatic hydroxyl groups excluding tert-OH is 1. The summed E-state index contributed by atoms with van der Waals surface area (Å²) in [6, 6.07) is -0.541. The molecule has 0 saturated carbocycles. The van der Waals surface area contributed by atoms with Gasteiger partial charge >= 0.3 is 29.2 Å². The third-order valence-corrected chi connectivity index (χ3v) is 10.3. The van der Waals surface area contributed by atoms with Crippen LogP contribution in [0.4, 0.5) is 0 Å². The van der Waals surface area contributed by atoms with Gasteiger partial charge in [0.05, 0.1) is 25.2 Å². The van der Waals surface area contributed by atoms with Gasteiger partial charge in [0.15, 0.2) is 0 Å². The van der Waals surface area contributed by atoms with Crippen molar-refractivity contribution in [1.29, 1.82) is 0 Å². The highest BCUT2D eigenvalue weighted by Gasteiger charge is 2.43. The second-order valence-electron chi connectivity index (χ2n) is 11.1. The van der Waals surface area contributed by atoms with Gasteiger partial charge in [0.25, 0.3) is 5.56 Å². The second kappa shape index (κ2) is 18.1. The Kier molecular flexibility index (Phi) is 15.8. The molecule has 10 N–H and O–H groups in total. The molecule has 1 saturated heterocycles. The Balaban J connectivity index is 1.83. The molecular weight excluding hydrogens is 695 g/mol. The molecule has 0 radical (unpaired) electrons. The zero-order valence-corrected chi connectivity index (χ0v) is 28.3. The van der Waals surface area contributed by atoms with Gasteiger partial charge in [-0.05, 0) is 25.2 Å². The fourth-order valence-corrected chi connectivity index (χ4v) is 7.43. The molecule has 1 aliphatic heterocycles. The zero-order valence-electron chi connectivity index (χ0n) is 25.6. The molecule has 2 unspecified atom stereocenters. The van der Waals surface area contributed by atoms with E-state index in [1.54, 1.807) is 0 Å². The molecule has 1 fully saturated rings. The Bertz CT molecular complexity index is 1480. The first-order chi connectivity index (χ1) is 21.7. The molecule has 6 atom stereocenters. The number of unbranched alkanes of at least 4 members (excludes halogenated alkanes) is 3. The Morgan fingerprint density at radius 1 is 1.04 bits per heavy atom. The zero-order chi connectivity index (χ0) is 35.6. The number of amides is 2. The summed E-state index contributed by atoms with van der Waals surface area (Å²) in [7, 11) is -16.8. The summed E-state index contributed by atoms with van der Waals surface area (Å²) in [6.45, 7) is 3.82. The summed E-state index contributed by atoms with van der Waals surface area (Å²) in [4.78, 5) is 87.2. The molecule has 47 heavy (non-hydrogen) atoms. The lowest BCUT2D eigenvalue weighted by Crippen LogP contribution is -2.41. The van der Waals surface area contributed by atoms with Crippen LogP contribution in [0.2, 0.25) is 0 Å². The van der Waals surface area contributed by atoms with Crippen LogP contribution in [-0.2, 0) is 47.6 Å². The van der Waals surface area contributed by atoms with Crippen molar-refractivity contribution >= 4 is 35.3 Å². The van der Waals surface area contributed by atoms with Crippen molar-refractivity contribution in [3.8, 4) is 0 Å². The SMILES string of the molecule is CC(C)C[C@H](N)C(=O)NCCCCCCNC(=O)Cc1cn([C@H]2C[C@H](O)[C@@H](COP(=O)(O)OP(=O)(O)OP(=O)(O)O)O2)c(=O)[nH]c1=O. The van der Waals surface area contributed by atoms with Gasteiger partial charge in [-0.25, -0.2) is 18.5 Å². The molecular formula is C23H42N5O16P3. The van der Waals surface area contributed by atoms with E-state index >= 15 is 0 Å². The fourth-order valence-electron chi connectivity index (χ4n) is 4.40. The van der Waals surface area contributed by atoms with Gasteiger partial charge in [-0.3, -0.25) is 28.5 Å². The van der Waals surface area contributed by atoms with Crippen molar-refractivity contribution in [2.75, 3.05) is 19.7 Å². The van der Waals surface area contributed by atoms with E-state index < -0.39 is 78.1 Å². The molecule has 270 valence electrons. The third-order valence-electron chi connectivity index (χ3n) is 6.51. The van der Waals surface area contributed by atoms with Crippen LogP contribution in [0.15, 0.2) is 15.8 Å². The minimum atomic E-state index is -5.76. The number of aromatic nitrogens is 2. The van der Waals surface area contributed by atoms with Crippen LogP contribution in [0.1, 0.15) is 64.2 Å². The van der Waals surface area contributed by atoms with E-state index in [0.29, 0.717) is 31.8 Å². The van der Waals surface area contributed by atoms with Crippen molar-refractivity contribution in [3.05, 3.63) is 32.6 Å². The van der Waals surface area contributed by atoms with Gasteiger partial charge in [-0.1, -0.05) is 26.7 Å². The van der Waals surface area contributed by atoms with Crippen molar-refractivity contribution in [1.82, 2.24) is 20.2 Å². The monoisotopic (exact) mass is 737 g/mol. The van der Waals surface area contributed by atoms with Crippen LogP contribution < -0.4 is 27.6 Å². The number of nitrogens with zero attached hydrogens (tertiary/aromatic N) is 1. The summed E-state index contributed by atoms with van der Waals surface area (Å²) >= 11 is 0. The maximum Gasteiger partial charge on any atom is 0.490 e. The first kappa shape index (κ1) is 41.1. The van der Waals surface area contributed by atoms with E-state index in [-0.39, 0.29) is 17.9 Å². The number of ether oxygens (including phenoxy) is 1. The number of aromatic amines is 1. The van der Waals surface area contributed by atoms with Crippen molar-refractivity contribution in [2.45, 2.75) is 83.3 Å². The number of aliphatic hydroxyl groups is 1. The smallest absolute Gasteiger partial charge is 0.390 e. The molecule has 21 nitrogen and oxygen atoms in total. The summed E-state index contributed by atoms with van der Waals surface area (Å²) in [5.74, 6) is -0.377. The van der Waals surface area contributed by atoms with Gasteiger partial charge in [-0.2, -0.15) is 8.62 Å². The van der Waals surface area contributed by atoms with E-state index in [2.05, 4.69) is 23.8 Å². The fraction of sp³-hybridized carbons (Fsp3) is 0.739. The highest BCUT2D eigenvalue weighted by Crippen LogP contribution is 2.66. The largest absolute Gasteiger partial charge is 0.490 e. The topological polar surface area (TPSA) is 328 Å². The first-order valence-corrected chi connectivity index (χ1v) is 19.0. The van der Waals surface area contributed by atoms with Crippen LogP contribution in [0.25, 0.3) is 0 Å². The molecule has 1 aromatic rings. The highest BCUT2D eigenvalue weighted by atomic mass is 31.3. The molecule has 24 heteroatoms. The maximum atomic E-state index is 12.4. The van der Waals surface area contributed by atoms with Crippen molar-refractivity contribution < 1.29 is 65.8 Å². The highest BCUT2D eigenvalue weighted by molar-refractivity contribution is 7.66. The lowest BCUT2D eigenvalue weighted by atomic mass is 10.0. The van der Waals surface area contributed by atoms with E-state index in [4.69, 9.17) is 20.3 Å². The lowest BCUT2D eigenvalue weighted by molar-refractivity contribution is -0.123. The molecule has 0 aromatic carbocycles. The summed E-state index contributed by atoms with van der Waals surface area (Å²) in [5, 5.41) is 15.8. The number of hydrogen-bond acceptors (Lipinski definition) is 13. The number of nitrogens with one attached hydrogen (secondary N) is 3. The number of H-pyrrole nitrogens is 1. The van der Waals surface area contributed by atoms with Crippen LogP contribution >= 0.6 is 23.5 Å². The number of carbonyl (C=O) groups is 2. The number of phosphoric ester groups is 1. The van der Waals surface area contributed by atoms with Gasteiger partial charge < -0.3 is 45.8 Å². The molecule has 2 rings (SSSR count). The van der Waals surface area contributed by atoms with Gasteiger partial charge in [0, 0.05) is 31.3 Å². The number of phosphoric acid groups is 3. The molecule has 0 bridgehead atoms. The van der Waals surface area contributed by atoms with E-state index in [1.807, 2.05) is 18.8 Å². The maximum absolute atomic E-state index is 12.4. The minimum absolute atomic E-state index is 0.108. The third kappa shape index (κ3) is 15.3. The van der Waals surface area contributed by atoms with Crippen LogP contribution in [0.5, 0.6) is 0 Å². The molecule has 1 aromatic heterocycles. The molecule has 0 aliphatic carbocycles. The quantitative estimate of drug-likeness (QED) is 0.0586. The second-order valence-corrected chi connectivity index (χ2v) is 15.5. The first-order valence-electron chi connectivity index (χ1n) is 14.4. The molecule has 2 amide bonds. The number of hydrogen-bond donors (Lipinski definition) is 9.